The number of carbonyl (C=O) groups excluding carboxylic acids is 1. The van der Waals surface area contributed by atoms with Gasteiger partial charge in [0.2, 0.25) is 0 Å². The van der Waals surface area contributed by atoms with Gasteiger partial charge in [0.25, 0.3) is 5.91 Å². The minimum absolute atomic E-state index is 0.0645. The Bertz CT molecular complexity index is 822. The van der Waals surface area contributed by atoms with E-state index in [1.807, 2.05) is 42.5 Å². The van der Waals surface area contributed by atoms with Gasteiger partial charge in [-0.15, -0.1) is 0 Å². The van der Waals surface area contributed by atoms with Crippen molar-refractivity contribution in [2.75, 3.05) is 0 Å². The Morgan fingerprint density at radius 1 is 1.04 bits per heavy atom. The summed E-state index contributed by atoms with van der Waals surface area (Å²) < 4.78 is 0. The van der Waals surface area contributed by atoms with Gasteiger partial charge in [-0.2, -0.15) is 5.10 Å². The number of aryl methyl sites for hydroxylation is 1. The van der Waals surface area contributed by atoms with Crippen LogP contribution in [0, 0.1) is 0 Å². The number of benzene rings is 2. The molecular formula is C22H25N3O. The summed E-state index contributed by atoms with van der Waals surface area (Å²) >= 11 is 0. The topological polar surface area (TPSA) is 57.8 Å². The summed E-state index contributed by atoms with van der Waals surface area (Å²) in [6, 6.07) is 17.9. The zero-order chi connectivity index (χ0) is 18.2. The molecule has 3 rings (SSSR count). The molecule has 0 saturated carbocycles. The van der Waals surface area contributed by atoms with Gasteiger partial charge >= 0.3 is 0 Å². The summed E-state index contributed by atoms with van der Waals surface area (Å²) in [5.41, 5.74) is 4.95. The molecule has 0 aliphatic carbocycles. The number of unbranched alkanes of at least 4 members (excludes halogenated alkanes) is 2. The maximum absolute atomic E-state index is 12.4. The molecule has 1 aromatic heterocycles. The van der Waals surface area contributed by atoms with Gasteiger partial charge in [0.15, 0.2) is 0 Å². The number of rotatable bonds is 8. The molecule has 26 heavy (non-hydrogen) atoms. The van der Waals surface area contributed by atoms with Crippen LogP contribution in [-0.4, -0.2) is 16.1 Å². The van der Waals surface area contributed by atoms with E-state index in [1.165, 1.54) is 24.8 Å². The second-order valence-corrected chi connectivity index (χ2v) is 6.47. The average molecular weight is 347 g/mol. The number of amides is 1. The summed E-state index contributed by atoms with van der Waals surface area (Å²) in [4.78, 5) is 12.4. The monoisotopic (exact) mass is 347 g/mol. The van der Waals surface area contributed by atoms with Crippen molar-refractivity contribution in [3.05, 3.63) is 77.5 Å². The van der Waals surface area contributed by atoms with Crippen molar-refractivity contribution in [3.8, 4) is 11.3 Å². The molecule has 0 fully saturated rings. The van der Waals surface area contributed by atoms with Crippen LogP contribution in [-0.2, 0) is 13.0 Å². The fraction of sp³-hybridized carbons (Fsp3) is 0.273. The number of aromatic amines is 1. The molecule has 2 N–H and O–H groups in total. The second-order valence-electron chi connectivity index (χ2n) is 6.47. The third-order valence-corrected chi connectivity index (χ3v) is 4.50. The zero-order valence-corrected chi connectivity index (χ0v) is 15.2. The zero-order valence-electron chi connectivity index (χ0n) is 15.2. The van der Waals surface area contributed by atoms with Crippen LogP contribution in [0.2, 0.25) is 0 Å². The summed E-state index contributed by atoms with van der Waals surface area (Å²) in [6.07, 6.45) is 6.51. The predicted octanol–water partition coefficient (Wildman–Crippen LogP) is 4.74. The molecule has 0 aliphatic rings. The first-order chi connectivity index (χ1) is 12.8. The third kappa shape index (κ3) is 4.60. The molecule has 0 saturated heterocycles. The van der Waals surface area contributed by atoms with Crippen LogP contribution in [0.4, 0.5) is 0 Å². The van der Waals surface area contributed by atoms with Gasteiger partial charge in [-0.05, 0) is 36.1 Å². The van der Waals surface area contributed by atoms with E-state index < -0.39 is 0 Å². The van der Waals surface area contributed by atoms with Gasteiger partial charge in [-0.1, -0.05) is 62.2 Å². The first-order valence-electron chi connectivity index (χ1n) is 9.22. The molecule has 1 amide bonds. The number of nitrogens with one attached hydrogen (secondary N) is 2. The fourth-order valence-corrected chi connectivity index (χ4v) is 2.98. The molecule has 0 aliphatic heterocycles. The van der Waals surface area contributed by atoms with E-state index >= 15 is 0 Å². The van der Waals surface area contributed by atoms with Gasteiger partial charge in [-0.3, -0.25) is 9.89 Å². The predicted molar refractivity (Wildman–Crippen MR) is 105 cm³/mol. The van der Waals surface area contributed by atoms with Gasteiger partial charge in [0.1, 0.15) is 0 Å². The summed E-state index contributed by atoms with van der Waals surface area (Å²) in [5, 5.41) is 10.1. The largest absolute Gasteiger partial charge is 0.348 e. The normalized spacial score (nSPS) is 10.7. The van der Waals surface area contributed by atoms with E-state index in [9.17, 15) is 4.79 Å². The standard InChI is InChI=1S/C22H25N3O/c1-2-3-5-8-17-11-13-19(14-12-17)22(26)23-15-20-16-24-25-21(20)18-9-6-4-7-10-18/h4,6-7,9-14,16H,2-3,5,8,15H2,1H3,(H,23,26)(H,24,25). The maximum Gasteiger partial charge on any atom is 0.251 e. The molecule has 0 radical (unpaired) electrons. The first kappa shape index (κ1) is 17.9. The molecule has 3 aromatic rings. The van der Waals surface area contributed by atoms with Crippen molar-refractivity contribution in [3.63, 3.8) is 0 Å². The van der Waals surface area contributed by atoms with E-state index in [-0.39, 0.29) is 5.91 Å². The number of hydrogen-bond acceptors (Lipinski definition) is 2. The number of hydrogen-bond donors (Lipinski definition) is 2. The minimum atomic E-state index is -0.0645. The van der Waals surface area contributed by atoms with Crippen molar-refractivity contribution in [2.45, 2.75) is 39.2 Å². The Morgan fingerprint density at radius 2 is 1.81 bits per heavy atom. The minimum Gasteiger partial charge on any atom is -0.348 e. The Labute approximate surface area is 154 Å². The fourth-order valence-electron chi connectivity index (χ4n) is 2.98. The highest BCUT2D eigenvalue weighted by molar-refractivity contribution is 5.94. The Balaban J connectivity index is 1.59. The lowest BCUT2D eigenvalue weighted by molar-refractivity contribution is 0.0951. The number of nitrogens with zero attached hydrogens (tertiary/aromatic N) is 1. The maximum atomic E-state index is 12.4. The number of aromatic nitrogens is 2. The Kier molecular flexibility index (Phi) is 6.20. The van der Waals surface area contributed by atoms with Crippen molar-refractivity contribution >= 4 is 5.91 Å². The van der Waals surface area contributed by atoms with Crippen molar-refractivity contribution in [2.24, 2.45) is 0 Å². The quantitative estimate of drug-likeness (QED) is 0.578. The van der Waals surface area contributed by atoms with E-state index in [0.717, 1.165) is 23.2 Å². The lowest BCUT2D eigenvalue weighted by Crippen LogP contribution is -2.22. The first-order valence-corrected chi connectivity index (χ1v) is 9.22. The molecule has 4 nitrogen and oxygen atoms in total. The SMILES string of the molecule is CCCCCc1ccc(C(=O)NCc2cn[nH]c2-c2ccccc2)cc1. The molecule has 0 spiro atoms. The van der Waals surface area contributed by atoms with Crippen LogP contribution in [0.25, 0.3) is 11.3 Å². The van der Waals surface area contributed by atoms with Crippen LogP contribution in [0.5, 0.6) is 0 Å². The summed E-state index contributed by atoms with van der Waals surface area (Å²) in [6.45, 7) is 2.65. The van der Waals surface area contributed by atoms with Crippen molar-refractivity contribution < 1.29 is 4.79 Å². The Hall–Kier alpha value is -2.88. The highest BCUT2D eigenvalue weighted by atomic mass is 16.1. The van der Waals surface area contributed by atoms with Gasteiger partial charge in [0, 0.05) is 17.7 Å². The van der Waals surface area contributed by atoms with E-state index in [0.29, 0.717) is 12.1 Å². The van der Waals surface area contributed by atoms with Crippen LogP contribution >= 0.6 is 0 Å². The van der Waals surface area contributed by atoms with Gasteiger partial charge < -0.3 is 5.32 Å². The van der Waals surface area contributed by atoms with Crippen LogP contribution in [0.1, 0.15) is 47.7 Å². The summed E-state index contributed by atoms with van der Waals surface area (Å²) in [7, 11) is 0. The van der Waals surface area contributed by atoms with Crippen LogP contribution < -0.4 is 5.32 Å². The molecule has 2 aromatic carbocycles. The smallest absolute Gasteiger partial charge is 0.251 e. The van der Waals surface area contributed by atoms with Crippen molar-refractivity contribution in [1.29, 1.82) is 0 Å². The van der Waals surface area contributed by atoms with E-state index in [4.69, 9.17) is 0 Å². The number of carbonyl (C=O) groups is 1. The van der Waals surface area contributed by atoms with Crippen LogP contribution in [0.15, 0.2) is 60.8 Å². The van der Waals surface area contributed by atoms with E-state index in [1.54, 1.807) is 6.20 Å². The van der Waals surface area contributed by atoms with Gasteiger partial charge in [0.05, 0.1) is 11.9 Å². The highest BCUT2D eigenvalue weighted by Crippen LogP contribution is 2.20. The highest BCUT2D eigenvalue weighted by Gasteiger charge is 2.10. The molecule has 1 heterocycles. The molecule has 134 valence electrons. The third-order valence-electron chi connectivity index (χ3n) is 4.50. The number of H-pyrrole nitrogens is 1. The molecular weight excluding hydrogens is 322 g/mol. The summed E-state index contributed by atoms with van der Waals surface area (Å²) in [5.74, 6) is -0.0645. The average Bonchev–Trinajstić information content (AvgIpc) is 3.16. The lowest BCUT2D eigenvalue weighted by Gasteiger charge is -2.07. The molecule has 0 bridgehead atoms. The molecule has 4 heteroatoms. The Morgan fingerprint density at radius 3 is 2.54 bits per heavy atom. The van der Waals surface area contributed by atoms with E-state index in [2.05, 4.69) is 34.6 Å². The second kappa shape index (κ2) is 8.99. The lowest BCUT2D eigenvalue weighted by atomic mass is 10.0. The van der Waals surface area contributed by atoms with Gasteiger partial charge in [-0.25, -0.2) is 0 Å². The van der Waals surface area contributed by atoms with Crippen molar-refractivity contribution in [1.82, 2.24) is 15.5 Å². The van der Waals surface area contributed by atoms with Crippen LogP contribution in [0.3, 0.4) is 0 Å². The molecule has 0 atom stereocenters. The molecule has 0 unspecified atom stereocenters.